The number of methoxy groups -OCH3 is 1. The summed E-state index contributed by atoms with van der Waals surface area (Å²) in [5.41, 5.74) is 1.44. The van der Waals surface area contributed by atoms with Gasteiger partial charge in [-0.2, -0.15) is 0 Å². The number of nitrogens with one attached hydrogen (secondary N) is 1. The van der Waals surface area contributed by atoms with E-state index in [4.69, 9.17) is 9.47 Å². The quantitative estimate of drug-likeness (QED) is 0.820. The van der Waals surface area contributed by atoms with Crippen LogP contribution in [0.4, 0.5) is 0 Å². The van der Waals surface area contributed by atoms with Crippen LogP contribution in [0.5, 0.6) is 0 Å². The number of aromatic nitrogens is 1. The molecule has 3 atom stereocenters. The maximum Gasteiger partial charge on any atom is 0.252 e. The van der Waals surface area contributed by atoms with E-state index in [0.29, 0.717) is 25.3 Å². The predicted octanol–water partition coefficient (Wildman–Crippen LogP) is 0.142. The van der Waals surface area contributed by atoms with Crippen molar-refractivity contribution >= 4 is 5.91 Å². The van der Waals surface area contributed by atoms with Gasteiger partial charge in [-0.15, -0.1) is 0 Å². The molecule has 6 heteroatoms. The Kier molecular flexibility index (Phi) is 5.05. The van der Waals surface area contributed by atoms with Gasteiger partial charge in [0.1, 0.15) is 6.10 Å². The van der Waals surface area contributed by atoms with E-state index in [1.807, 2.05) is 6.92 Å². The Morgan fingerprint density at radius 2 is 2.35 bits per heavy atom. The van der Waals surface area contributed by atoms with Crippen LogP contribution >= 0.6 is 0 Å². The highest BCUT2D eigenvalue weighted by atomic mass is 16.5. The number of nitrogens with zero attached hydrogens (tertiary/aromatic N) is 1. The van der Waals surface area contributed by atoms with Crippen molar-refractivity contribution < 1.29 is 19.4 Å². The lowest BCUT2D eigenvalue weighted by Crippen LogP contribution is -2.49. The average Bonchev–Trinajstić information content (AvgIpc) is 2.46. The van der Waals surface area contributed by atoms with Crippen LogP contribution in [0.15, 0.2) is 18.5 Å². The Labute approximate surface area is 118 Å². The largest absolute Gasteiger partial charge is 0.390 e. The van der Waals surface area contributed by atoms with Crippen LogP contribution in [0.1, 0.15) is 15.9 Å². The van der Waals surface area contributed by atoms with Crippen LogP contribution < -0.4 is 5.32 Å². The summed E-state index contributed by atoms with van der Waals surface area (Å²) >= 11 is 0. The number of aryl methyl sites for hydroxylation is 1. The first-order valence-corrected chi connectivity index (χ1v) is 6.60. The first-order chi connectivity index (χ1) is 9.61. The van der Waals surface area contributed by atoms with Gasteiger partial charge < -0.3 is 19.9 Å². The number of carbonyl (C=O) groups excluding carboxylic acids is 1. The topological polar surface area (TPSA) is 80.7 Å². The molecule has 110 valence electrons. The van der Waals surface area contributed by atoms with Crippen molar-refractivity contribution in [1.29, 1.82) is 0 Å². The summed E-state index contributed by atoms with van der Waals surface area (Å²) in [4.78, 5) is 16.0. The van der Waals surface area contributed by atoms with Gasteiger partial charge in [0.15, 0.2) is 0 Å². The molecule has 0 aromatic carbocycles. The minimum absolute atomic E-state index is 0.171. The summed E-state index contributed by atoms with van der Waals surface area (Å²) in [6.07, 6.45) is 2.24. The highest BCUT2D eigenvalue weighted by Crippen LogP contribution is 2.17. The van der Waals surface area contributed by atoms with Crippen molar-refractivity contribution in [3.8, 4) is 0 Å². The summed E-state index contributed by atoms with van der Waals surface area (Å²) < 4.78 is 10.5. The van der Waals surface area contributed by atoms with Crippen molar-refractivity contribution in [3.05, 3.63) is 29.6 Å². The SMILES string of the molecule is CO[C@@H]1COC[C@@H](CNC(=O)c2cncc(C)c2)[C@@H]1O. The second kappa shape index (κ2) is 6.78. The molecule has 1 amide bonds. The first-order valence-electron chi connectivity index (χ1n) is 6.60. The Bertz CT molecular complexity index is 466. The van der Waals surface area contributed by atoms with E-state index in [1.165, 1.54) is 13.3 Å². The maximum absolute atomic E-state index is 12.0. The minimum Gasteiger partial charge on any atom is -0.390 e. The predicted molar refractivity (Wildman–Crippen MR) is 72.4 cm³/mol. The molecular weight excluding hydrogens is 260 g/mol. The van der Waals surface area contributed by atoms with Gasteiger partial charge in [-0.25, -0.2) is 0 Å². The Balaban J connectivity index is 1.90. The number of aliphatic hydroxyl groups excluding tert-OH is 1. The van der Waals surface area contributed by atoms with Crippen molar-refractivity contribution in [2.24, 2.45) is 5.92 Å². The van der Waals surface area contributed by atoms with Crippen molar-refractivity contribution in [2.45, 2.75) is 19.1 Å². The molecule has 1 aromatic heterocycles. The molecular formula is C14H20N2O4. The van der Waals surface area contributed by atoms with Gasteiger partial charge in [0.05, 0.1) is 24.9 Å². The standard InChI is InChI=1S/C14H20N2O4/c1-9-3-10(5-15-4-9)14(18)16-6-11-7-20-8-12(19-2)13(11)17/h3-5,11-13,17H,6-8H2,1-2H3,(H,16,18)/t11-,12-,13+/m1/s1. The highest BCUT2D eigenvalue weighted by Gasteiger charge is 2.32. The molecule has 1 fully saturated rings. The van der Waals surface area contributed by atoms with Crippen molar-refractivity contribution in [1.82, 2.24) is 10.3 Å². The lowest BCUT2D eigenvalue weighted by Gasteiger charge is -2.33. The van der Waals surface area contributed by atoms with Crippen LogP contribution in [0, 0.1) is 12.8 Å². The van der Waals surface area contributed by atoms with Crippen molar-refractivity contribution in [2.75, 3.05) is 26.9 Å². The Hall–Kier alpha value is -1.50. The van der Waals surface area contributed by atoms with Crippen LogP contribution in [0.2, 0.25) is 0 Å². The molecule has 2 N–H and O–H groups in total. The first kappa shape index (κ1) is 14.9. The zero-order valence-corrected chi connectivity index (χ0v) is 11.7. The minimum atomic E-state index is -0.635. The number of hydrogen-bond donors (Lipinski definition) is 2. The molecule has 1 aromatic rings. The molecule has 1 aliphatic heterocycles. The number of rotatable bonds is 4. The van der Waals surface area contributed by atoms with E-state index in [9.17, 15) is 9.90 Å². The van der Waals surface area contributed by atoms with Crippen LogP contribution in [0.3, 0.4) is 0 Å². The van der Waals surface area contributed by atoms with E-state index >= 15 is 0 Å². The normalized spacial score (nSPS) is 26.2. The molecule has 0 radical (unpaired) electrons. The van der Waals surface area contributed by atoms with Gasteiger partial charge >= 0.3 is 0 Å². The molecule has 6 nitrogen and oxygen atoms in total. The van der Waals surface area contributed by atoms with Gasteiger partial charge in [0.2, 0.25) is 0 Å². The number of hydrogen-bond acceptors (Lipinski definition) is 5. The van der Waals surface area contributed by atoms with E-state index in [0.717, 1.165) is 5.56 Å². The molecule has 0 saturated carbocycles. The summed E-state index contributed by atoms with van der Waals surface area (Å²) in [6.45, 7) is 3.01. The molecule has 0 unspecified atom stereocenters. The zero-order valence-electron chi connectivity index (χ0n) is 11.7. The van der Waals surface area contributed by atoms with Gasteiger partial charge in [-0.1, -0.05) is 0 Å². The Morgan fingerprint density at radius 1 is 1.55 bits per heavy atom. The second-order valence-corrected chi connectivity index (χ2v) is 5.02. The average molecular weight is 280 g/mol. The second-order valence-electron chi connectivity index (χ2n) is 5.02. The highest BCUT2D eigenvalue weighted by molar-refractivity contribution is 5.93. The molecule has 0 spiro atoms. The van der Waals surface area contributed by atoms with Gasteiger partial charge in [0, 0.05) is 32.0 Å². The summed E-state index contributed by atoms with van der Waals surface area (Å²) in [6, 6.07) is 1.77. The molecule has 1 aliphatic rings. The summed E-state index contributed by atoms with van der Waals surface area (Å²) in [5, 5.41) is 12.9. The molecule has 1 saturated heterocycles. The third-order valence-corrected chi connectivity index (χ3v) is 3.44. The van der Waals surface area contributed by atoms with Crippen LogP contribution in [-0.2, 0) is 9.47 Å². The fourth-order valence-corrected chi connectivity index (χ4v) is 2.23. The molecule has 0 bridgehead atoms. The Morgan fingerprint density at radius 3 is 3.05 bits per heavy atom. The fourth-order valence-electron chi connectivity index (χ4n) is 2.23. The van der Waals surface area contributed by atoms with Gasteiger partial charge in [0.25, 0.3) is 5.91 Å². The lowest BCUT2D eigenvalue weighted by atomic mass is 9.96. The number of carbonyl (C=O) groups is 1. The maximum atomic E-state index is 12.0. The van der Waals surface area contributed by atoms with E-state index in [-0.39, 0.29) is 17.9 Å². The van der Waals surface area contributed by atoms with E-state index < -0.39 is 6.10 Å². The molecule has 2 rings (SSSR count). The van der Waals surface area contributed by atoms with Crippen molar-refractivity contribution in [3.63, 3.8) is 0 Å². The summed E-state index contributed by atoms with van der Waals surface area (Å²) in [7, 11) is 1.54. The third kappa shape index (κ3) is 3.53. The van der Waals surface area contributed by atoms with Gasteiger partial charge in [-0.05, 0) is 18.6 Å². The molecule has 2 heterocycles. The van der Waals surface area contributed by atoms with E-state index in [2.05, 4.69) is 10.3 Å². The zero-order chi connectivity index (χ0) is 14.5. The lowest BCUT2D eigenvalue weighted by molar-refractivity contribution is -0.132. The smallest absolute Gasteiger partial charge is 0.252 e. The number of ether oxygens (including phenoxy) is 2. The van der Waals surface area contributed by atoms with E-state index in [1.54, 1.807) is 12.3 Å². The van der Waals surface area contributed by atoms with Crippen LogP contribution in [-0.4, -0.2) is 55.1 Å². The number of aliphatic hydroxyl groups is 1. The summed E-state index contributed by atoms with van der Waals surface area (Å²) in [5.74, 6) is -0.372. The van der Waals surface area contributed by atoms with Gasteiger partial charge in [-0.3, -0.25) is 9.78 Å². The number of pyridine rings is 1. The molecule has 20 heavy (non-hydrogen) atoms. The molecule has 0 aliphatic carbocycles. The monoisotopic (exact) mass is 280 g/mol. The van der Waals surface area contributed by atoms with Crippen LogP contribution in [0.25, 0.3) is 0 Å². The fraction of sp³-hybridized carbons (Fsp3) is 0.571. The number of amides is 1. The third-order valence-electron chi connectivity index (χ3n) is 3.44.